The normalized spacial score (nSPS) is 19.9. The highest BCUT2D eigenvalue weighted by molar-refractivity contribution is 7.99. The SMILES string of the molecule is COc1ccc(C2c3sc(=O)[nH]c3SCC2C=NNC(N)=S)cc1. The first-order valence-corrected chi connectivity index (χ1v) is 9.38. The van der Waals surface area contributed by atoms with Gasteiger partial charge in [-0.15, -0.1) is 11.8 Å². The second kappa shape index (κ2) is 7.37. The van der Waals surface area contributed by atoms with Crippen LogP contribution in [0.15, 0.2) is 39.2 Å². The maximum atomic E-state index is 11.8. The lowest BCUT2D eigenvalue weighted by atomic mass is 9.86. The van der Waals surface area contributed by atoms with Gasteiger partial charge in [-0.05, 0) is 29.9 Å². The monoisotopic (exact) mass is 380 g/mol. The first kappa shape index (κ1) is 17.0. The molecule has 2 aromatic rings. The summed E-state index contributed by atoms with van der Waals surface area (Å²) >= 11 is 7.65. The molecule has 0 bridgehead atoms. The Morgan fingerprint density at radius 1 is 1.50 bits per heavy atom. The second-order valence-corrected chi connectivity index (χ2v) is 7.67. The second-order valence-electron chi connectivity index (χ2n) is 5.19. The fourth-order valence-electron chi connectivity index (χ4n) is 2.64. The van der Waals surface area contributed by atoms with Crippen LogP contribution in [0.3, 0.4) is 0 Å². The molecule has 6 nitrogen and oxygen atoms in total. The van der Waals surface area contributed by atoms with E-state index in [-0.39, 0.29) is 21.8 Å². The Morgan fingerprint density at radius 3 is 2.92 bits per heavy atom. The van der Waals surface area contributed by atoms with Crippen molar-refractivity contribution in [3.63, 3.8) is 0 Å². The lowest BCUT2D eigenvalue weighted by Crippen LogP contribution is -2.27. The van der Waals surface area contributed by atoms with Gasteiger partial charge in [-0.1, -0.05) is 23.5 Å². The third-order valence-electron chi connectivity index (χ3n) is 3.69. The number of H-pyrrole nitrogens is 1. The van der Waals surface area contributed by atoms with Gasteiger partial charge in [0.05, 0.1) is 12.1 Å². The molecule has 0 fully saturated rings. The molecule has 1 aliphatic heterocycles. The van der Waals surface area contributed by atoms with Crippen LogP contribution in [0.4, 0.5) is 0 Å². The zero-order valence-corrected chi connectivity index (χ0v) is 15.3. The Bertz CT molecular complexity index is 813. The molecule has 24 heavy (non-hydrogen) atoms. The number of fused-ring (bicyclic) bond motifs is 1. The van der Waals surface area contributed by atoms with Crippen molar-refractivity contribution in [1.82, 2.24) is 10.4 Å². The molecule has 0 saturated carbocycles. The first-order chi connectivity index (χ1) is 11.6. The number of rotatable bonds is 4. The van der Waals surface area contributed by atoms with Crippen molar-refractivity contribution in [2.24, 2.45) is 16.8 Å². The van der Waals surface area contributed by atoms with Crippen molar-refractivity contribution < 1.29 is 4.74 Å². The van der Waals surface area contributed by atoms with Crippen molar-refractivity contribution in [3.05, 3.63) is 44.4 Å². The number of thioether (sulfide) groups is 1. The van der Waals surface area contributed by atoms with Crippen LogP contribution in [0.1, 0.15) is 16.4 Å². The Hall–Kier alpha value is -1.84. The minimum atomic E-state index is -0.0372. The number of nitrogens with zero attached hydrogens (tertiary/aromatic N) is 1. The summed E-state index contributed by atoms with van der Waals surface area (Å²) in [5.74, 6) is 1.77. The molecule has 2 unspecified atom stereocenters. The maximum absolute atomic E-state index is 11.8. The van der Waals surface area contributed by atoms with Crippen LogP contribution in [-0.2, 0) is 0 Å². The van der Waals surface area contributed by atoms with Gasteiger partial charge < -0.3 is 15.5 Å². The van der Waals surface area contributed by atoms with E-state index in [1.807, 2.05) is 30.5 Å². The van der Waals surface area contributed by atoms with Crippen molar-refractivity contribution in [2.75, 3.05) is 12.9 Å². The molecule has 0 saturated heterocycles. The standard InChI is InChI=1S/C15H16N4O2S3/c1-21-10-4-2-8(3-5-10)11-9(6-17-19-14(16)22)7-23-13-12(11)24-15(20)18-13/h2-6,9,11H,7H2,1H3,(H,18,20)(H3,16,19,22). The highest BCUT2D eigenvalue weighted by Crippen LogP contribution is 2.44. The van der Waals surface area contributed by atoms with Gasteiger partial charge in [0.2, 0.25) is 0 Å². The zero-order chi connectivity index (χ0) is 17.1. The average molecular weight is 381 g/mol. The van der Waals surface area contributed by atoms with Crippen molar-refractivity contribution >= 4 is 46.6 Å². The Labute approximate surface area is 152 Å². The van der Waals surface area contributed by atoms with Crippen LogP contribution in [-0.4, -0.2) is 29.2 Å². The topological polar surface area (TPSA) is 92.5 Å². The van der Waals surface area contributed by atoms with Crippen LogP contribution in [0.5, 0.6) is 5.75 Å². The molecule has 0 spiro atoms. The number of nitrogens with one attached hydrogen (secondary N) is 2. The average Bonchev–Trinajstić information content (AvgIpc) is 2.94. The lowest BCUT2D eigenvalue weighted by Gasteiger charge is -2.28. The van der Waals surface area contributed by atoms with E-state index in [1.54, 1.807) is 18.9 Å². The molecule has 1 aromatic heterocycles. The highest BCUT2D eigenvalue weighted by Gasteiger charge is 2.33. The number of hydrogen-bond acceptors (Lipinski definition) is 6. The number of methoxy groups -OCH3 is 1. The Kier molecular flexibility index (Phi) is 5.22. The van der Waals surface area contributed by atoms with E-state index in [1.165, 1.54) is 11.3 Å². The van der Waals surface area contributed by atoms with Crippen LogP contribution >= 0.6 is 35.3 Å². The van der Waals surface area contributed by atoms with Crippen LogP contribution < -0.4 is 20.8 Å². The van der Waals surface area contributed by atoms with E-state index in [0.717, 1.165) is 27.0 Å². The van der Waals surface area contributed by atoms with Gasteiger partial charge in [0, 0.05) is 28.7 Å². The predicted molar refractivity (Wildman–Crippen MR) is 102 cm³/mol. The molecular formula is C15H16N4O2S3. The highest BCUT2D eigenvalue weighted by atomic mass is 32.2. The zero-order valence-electron chi connectivity index (χ0n) is 12.8. The predicted octanol–water partition coefficient (Wildman–Crippen LogP) is 2.12. The molecule has 126 valence electrons. The number of hydrazone groups is 1. The number of aromatic amines is 1. The molecule has 2 heterocycles. The van der Waals surface area contributed by atoms with E-state index < -0.39 is 0 Å². The van der Waals surface area contributed by atoms with Gasteiger partial charge in [0.25, 0.3) is 0 Å². The fourth-order valence-corrected chi connectivity index (χ4v) is 5.07. The largest absolute Gasteiger partial charge is 0.497 e. The van der Waals surface area contributed by atoms with Gasteiger partial charge in [-0.3, -0.25) is 10.2 Å². The molecule has 0 aliphatic carbocycles. The van der Waals surface area contributed by atoms with E-state index in [9.17, 15) is 4.79 Å². The molecular weight excluding hydrogens is 364 g/mol. The van der Waals surface area contributed by atoms with Gasteiger partial charge >= 0.3 is 4.87 Å². The van der Waals surface area contributed by atoms with Gasteiger partial charge in [-0.2, -0.15) is 5.10 Å². The summed E-state index contributed by atoms with van der Waals surface area (Å²) in [5.41, 5.74) is 9.11. The summed E-state index contributed by atoms with van der Waals surface area (Å²) in [7, 11) is 1.64. The molecule has 0 amide bonds. The lowest BCUT2D eigenvalue weighted by molar-refractivity contribution is 0.414. The van der Waals surface area contributed by atoms with E-state index in [2.05, 4.69) is 15.5 Å². The quantitative estimate of drug-likeness (QED) is 0.427. The van der Waals surface area contributed by atoms with Crippen molar-refractivity contribution in [1.29, 1.82) is 0 Å². The third kappa shape index (κ3) is 3.63. The number of benzene rings is 1. The fraction of sp³-hybridized carbons (Fsp3) is 0.267. The summed E-state index contributed by atoms with van der Waals surface area (Å²) in [6.45, 7) is 0. The Balaban J connectivity index is 1.97. The van der Waals surface area contributed by atoms with E-state index >= 15 is 0 Å². The number of hydrogen-bond donors (Lipinski definition) is 3. The molecule has 1 aliphatic rings. The third-order valence-corrected chi connectivity index (χ3v) is 6.04. The van der Waals surface area contributed by atoms with E-state index in [0.29, 0.717) is 0 Å². The van der Waals surface area contributed by atoms with Crippen molar-refractivity contribution in [3.8, 4) is 5.75 Å². The van der Waals surface area contributed by atoms with E-state index in [4.69, 9.17) is 22.7 Å². The minimum Gasteiger partial charge on any atom is -0.497 e. The molecule has 2 atom stereocenters. The number of ether oxygens (including phenoxy) is 1. The van der Waals surface area contributed by atoms with Crippen molar-refractivity contribution in [2.45, 2.75) is 10.9 Å². The molecule has 3 rings (SSSR count). The minimum absolute atomic E-state index is 0.0372. The molecule has 1 aromatic carbocycles. The molecule has 9 heteroatoms. The number of nitrogens with two attached hydrogens (primary N) is 1. The molecule has 0 radical (unpaired) electrons. The number of aromatic nitrogens is 1. The maximum Gasteiger partial charge on any atom is 0.305 e. The summed E-state index contributed by atoms with van der Waals surface area (Å²) in [5, 5.41) is 5.19. The summed E-state index contributed by atoms with van der Waals surface area (Å²) in [4.78, 5) is 15.7. The summed E-state index contributed by atoms with van der Waals surface area (Å²) in [6.07, 6.45) is 1.81. The van der Waals surface area contributed by atoms with Gasteiger partial charge in [-0.25, -0.2) is 0 Å². The smallest absolute Gasteiger partial charge is 0.305 e. The number of thiocarbonyl (C=S) groups is 1. The summed E-state index contributed by atoms with van der Waals surface area (Å²) < 4.78 is 5.23. The Morgan fingerprint density at radius 2 is 2.25 bits per heavy atom. The van der Waals surface area contributed by atoms with Crippen LogP contribution in [0.25, 0.3) is 0 Å². The summed E-state index contributed by atoms with van der Waals surface area (Å²) in [6, 6.07) is 7.89. The van der Waals surface area contributed by atoms with Crippen LogP contribution in [0, 0.1) is 5.92 Å². The van der Waals surface area contributed by atoms with Crippen LogP contribution in [0.2, 0.25) is 0 Å². The van der Waals surface area contributed by atoms with Gasteiger partial charge in [0.15, 0.2) is 5.11 Å². The number of thiazole rings is 1. The van der Waals surface area contributed by atoms with Gasteiger partial charge in [0.1, 0.15) is 5.75 Å². The first-order valence-electron chi connectivity index (χ1n) is 7.17. The molecule has 4 N–H and O–H groups in total.